The Kier molecular flexibility index (Phi) is 3.19. The monoisotopic (exact) mass is 347 g/mol. The number of aromatic amines is 1. The minimum absolute atomic E-state index is 0.0181. The van der Waals surface area contributed by atoms with Crippen LogP contribution in [0.3, 0.4) is 0 Å². The average molecular weight is 347 g/mol. The molecule has 130 valence electrons. The summed E-state index contributed by atoms with van der Waals surface area (Å²) in [4.78, 5) is 18.3. The van der Waals surface area contributed by atoms with Crippen molar-refractivity contribution in [1.82, 2.24) is 14.5 Å². The van der Waals surface area contributed by atoms with Crippen molar-refractivity contribution >= 4 is 27.7 Å². The number of benzene rings is 2. The average Bonchev–Trinajstić information content (AvgIpc) is 3.21. The number of carbonyl (C=O) groups excluding carboxylic acids is 1. The second-order valence-electron chi connectivity index (χ2n) is 6.95. The summed E-state index contributed by atoms with van der Waals surface area (Å²) in [6.07, 6.45) is 2.75. The Morgan fingerprint density at radius 1 is 1.15 bits per heavy atom. The van der Waals surface area contributed by atoms with Gasteiger partial charge >= 0.3 is 0 Å². The molecule has 4 nitrogen and oxygen atoms in total. The number of hydrogen-bond acceptors (Lipinski definition) is 1. The summed E-state index contributed by atoms with van der Waals surface area (Å²) in [6, 6.07) is 12.6. The third-order valence-corrected chi connectivity index (χ3v) is 5.36. The van der Waals surface area contributed by atoms with Gasteiger partial charge in [0.05, 0.1) is 0 Å². The second kappa shape index (κ2) is 5.46. The van der Waals surface area contributed by atoms with Crippen molar-refractivity contribution in [2.75, 3.05) is 6.54 Å². The summed E-state index contributed by atoms with van der Waals surface area (Å²) in [6.45, 7) is 1.16. The highest BCUT2D eigenvalue weighted by Gasteiger charge is 2.25. The molecule has 1 aliphatic rings. The fourth-order valence-electron chi connectivity index (χ4n) is 3.94. The van der Waals surface area contributed by atoms with Crippen molar-refractivity contribution in [3.8, 4) is 0 Å². The van der Waals surface area contributed by atoms with Gasteiger partial charge in [0.25, 0.3) is 5.91 Å². The molecule has 0 radical (unpaired) electrons. The first-order chi connectivity index (χ1) is 12.6. The first-order valence-electron chi connectivity index (χ1n) is 8.73. The summed E-state index contributed by atoms with van der Waals surface area (Å²) in [5.74, 6) is -0.235. The molecular weight excluding hydrogens is 329 g/mol. The van der Waals surface area contributed by atoms with Crippen LogP contribution in [0, 0.1) is 5.82 Å². The number of aryl methyl sites for hydroxylation is 1. The number of rotatable bonds is 1. The number of nitrogens with one attached hydrogen (secondary N) is 1. The molecule has 1 aliphatic heterocycles. The van der Waals surface area contributed by atoms with Gasteiger partial charge in [-0.15, -0.1) is 0 Å². The smallest absolute Gasteiger partial charge is 0.254 e. The first kappa shape index (κ1) is 15.2. The van der Waals surface area contributed by atoms with Gasteiger partial charge in [-0.3, -0.25) is 4.79 Å². The summed E-state index contributed by atoms with van der Waals surface area (Å²) in [5, 5.41) is 1.99. The largest absolute Gasteiger partial charge is 0.358 e. The van der Waals surface area contributed by atoms with Crippen LogP contribution >= 0.6 is 0 Å². The molecule has 4 aromatic rings. The Balaban J connectivity index is 1.51. The summed E-state index contributed by atoms with van der Waals surface area (Å²) in [5.41, 5.74) is 4.79. The van der Waals surface area contributed by atoms with Crippen molar-refractivity contribution < 1.29 is 9.18 Å². The molecule has 0 saturated heterocycles. The van der Waals surface area contributed by atoms with E-state index in [-0.39, 0.29) is 11.7 Å². The van der Waals surface area contributed by atoms with Gasteiger partial charge in [-0.2, -0.15) is 0 Å². The Morgan fingerprint density at radius 2 is 2.04 bits per heavy atom. The Morgan fingerprint density at radius 3 is 2.92 bits per heavy atom. The molecule has 1 amide bonds. The number of nitrogens with zero attached hydrogens (tertiary/aromatic N) is 2. The van der Waals surface area contributed by atoms with E-state index >= 15 is 0 Å². The zero-order chi connectivity index (χ0) is 17.8. The second-order valence-corrected chi connectivity index (χ2v) is 6.95. The van der Waals surface area contributed by atoms with Gasteiger partial charge in [-0.05, 0) is 41.8 Å². The van der Waals surface area contributed by atoms with Crippen molar-refractivity contribution in [3.63, 3.8) is 0 Å². The van der Waals surface area contributed by atoms with Crippen LogP contribution in [0.15, 0.2) is 48.7 Å². The zero-order valence-corrected chi connectivity index (χ0v) is 14.4. The maximum absolute atomic E-state index is 13.7. The molecule has 26 heavy (non-hydrogen) atoms. The lowest BCUT2D eigenvalue weighted by atomic mass is 10.0. The number of carbonyl (C=O) groups is 1. The van der Waals surface area contributed by atoms with E-state index in [9.17, 15) is 9.18 Å². The molecule has 3 heterocycles. The lowest BCUT2D eigenvalue weighted by Crippen LogP contribution is -2.35. The standard InChI is InChI=1S/C21H18FN3O/c1-24-8-6-13-2-3-14(10-20(13)24)21(26)25-9-7-19-17(12-25)16-11-15(22)4-5-18(16)23-19/h2-6,8,10-11,23H,7,9,12H2,1H3. The molecule has 5 heteroatoms. The van der Waals surface area contributed by atoms with Crippen molar-refractivity contribution in [3.05, 3.63) is 71.3 Å². The van der Waals surface area contributed by atoms with Crippen LogP contribution in [-0.4, -0.2) is 26.9 Å². The fourth-order valence-corrected chi connectivity index (χ4v) is 3.94. The van der Waals surface area contributed by atoms with Crippen molar-refractivity contribution in [2.24, 2.45) is 7.05 Å². The molecule has 0 unspecified atom stereocenters. The third-order valence-electron chi connectivity index (χ3n) is 5.36. The molecule has 0 saturated carbocycles. The van der Waals surface area contributed by atoms with E-state index < -0.39 is 0 Å². The van der Waals surface area contributed by atoms with Crippen molar-refractivity contribution in [1.29, 1.82) is 0 Å². The predicted molar refractivity (Wildman–Crippen MR) is 99.6 cm³/mol. The van der Waals surface area contributed by atoms with Crippen LogP contribution in [0.25, 0.3) is 21.8 Å². The van der Waals surface area contributed by atoms with E-state index in [4.69, 9.17) is 0 Å². The number of amides is 1. The van der Waals surface area contributed by atoms with Gasteiger partial charge in [0, 0.05) is 66.0 Å². The van der Waals surface area contributed by atoms with E-state index in [2.05, 4.69) is 4.98 Å². The third kappa shape index (κ3) is 2.24. The topological polar surface area (TPSA) is 41.0 Å². The van der Waals surface area contributed by atoms with Crippen LogP contribution in [0.2, 0.25) is 0 Å². The SMILES string of the molecule is Cn1ccc2ccc(C(=O)N3CCc4[nH]c5ccc(F)cc5c4C3)cc21. The highest BCUT2D eigenvalue weighted by Crippen LogP contribution is 2.29. The normalized spacial score (nSPS) is 14.2. The van der Waals surface area contributed by atoms with Crippen LogP contribution in [0.5, 0.6) is 0 Å². The number of hydrogen-bond donors (Lipinski definition) is 1. The molecule has 0 atom stereocenters. The highest BCUT2D eigenvalue weighted by atomic mass is 19.1. The Labute approximate surface area is 149 Å². The van der Waals surface area contributed by atoms with E-state index in [0.29, 0.717) is 18.7 Å². The molecule has 2 aromatic heterocycles. The molecule has 1 N–H and O–H groups in total. The van der Waals surface area contributed by atoms with E-state index in [1.165, 1.54) is 6.07 Å². The maximum Gasteiger partial charge on any atom is 0.254 e. The van der Waals surface area contributed by atoms with E-state index in [1.54, 1.807) is 12.1 Å². The summed E-state index contributed by atoms with van der Waals surface area (Å²) >= 11 is 0. The van der Waals surface area contributed by atoms with Crippen molar-refractivity contribution in [2.45, 2.75) is 13.0 Å². The molecule has 0 spiro atoms. The minimum atomic E-state index is -0.253. The van der Waals surface area contributed by atoms with Crippen LogP contribution in [0.4, 0.5) is 4.39 Å². The molecule has 2 aromatic carbocycles. The lowest BCUT2D eigenvalue weighted by molar-refractivity contribution is 0.0735. The van der Waals surface area contributed by atoms with Gasteiger partial charge in [-0.25, -0.2) is 4.39 Å². The molecule has 0 fully saturated rings. The lowest BCUT2D eigenvalue weighted by Gasteiger charge is -2.27. The predicted octanol–water partition coefficient (Wildman–Crippen LogP) is 4.00. The van der Waals surface area contributed by atoms with Gasteiger partial charge in [-0.1, -0.05) is 6.07 Å². The summed E-state index contributed by atoms with van der Waals surface area (Å²) < 4.78 is 15.7. The Hall–Kier alpha value is -3.08. The number of fused-ring (bicyclic) bond motifs is 4. The maximum atomic E-state index is 13.7. The van der Waals surface area contributed by atoms with Gasteiger partial charge in [0.1, 0.15) is 5.82 Å². The van der Waals surface area contributed by atoms with Gasteiger partial charge in [0.15, 0.2) is 0 Å². The number of halogens is 1. The zero-order valence-electron chi connectivity index (χ0n) is 14.4. The first-order valence-corrected chi connectivity index (χ1v) is 8.73. The molecule has 0 bridgehead atoms. The van der Waals surface area contributed by atoms with Gasteiger partial charge < -0.3 is 14.5 Å². The van der Waals surface area contributed by atoms with E-state index in [0.717, 1.165) is 39.5 Å². The minimum Gasteiger partial charge on any atom is -0.358 e. The molecular formula is C21H18FN3O. The van der Waals surface area contributed by atoms with E-state index in [1.807, 2.05) is 47.0 Å². The molecule has 5 rings (SSSR count). The quantitative estimate of drug-likeness (QED) is 0.556. The van der Waals surface area contributed by atoms with Gasteiger partial charge in [0.2, 0.25) is 0 Å². The summed E-state index contributed by atoms with van der Waals surface area (Å²) in [7, 11) is 1.98. The van der Waals surface area contributed by atoms with Crippen LogP contribution in [-0.2, 0) is 20.0 Å². The molecule has 0 aliphatic carbocycles. The fraction of sp³-hybridized carbons (Fsp3) is 0.190. The Bertz CT molecular complexity index is 1170. The van der Waals surface area contributed by atoms with Crippen LogP contribution in [0.1, 0.15) is 21.6 Å². The number of aromatic nitrogens is 2. The number of H-pyrrole nitrogens is 1. The van der Waals surface area contributed by atoms with Crippen LogP contribution < -0.4 is 0 Å². The highest BCUT2D eigenvalue weighted by molar-refractivity contribution is 5.98.